The fraction of sp³-hybridized carbons (Fsp3) is 0.222. The van der Waals surface area contributed by atoms with Crippen molar-refractivity contribution in [2.24, 2.45) is 5.73 Å². The van der Waals surface area contributed by atoms with Crippen LogP contribution in [0.25, 0.3) is 0 Å². The monoisotopic (exact) mass is 213 g/mol. The van der Waals surface area contributed by atoms with Gasteiger partial charge in [0, 0.05) is 11.2 Å². The van der Waals surface area contributed by atoms with Crippen LogP contribution < -0.4 is 5.73 Å². The number of carboxylic acid groups (broad SMARTS) is 1. The van der Waals surface area contributed by atoms with Crippen LogP contribution >= 0.6 is 0 Å². The summed E-state index contributed by atoms with van der Waals surface area (Å²) in [6, 6.07) is 8.45. The summed E-state index contributed by atoms with van der Waals surface area (Å²) >= 11 is -1.58. The SMILES string of the molecule is NCC(C(=O)O)[S+]([O-])c1ccccc1. The molecular weight excluding hydrogens is 202 g/mol. The van der Waals surface area contributed by atoms with Crippen molar-refractivity contribution in [3.8, 4) is 0 Å². The third kappa shape index (κ3) is 2.47. The van der Waals surface area contributed by atoms with Gasteiger partial charge in [0.1, 0.15) is 0 Å². The molecule has 0 aromatic heterocycles. The van der Waals surface area contributed by atoms with Crippen molar-refractivity contribution in [3.63, 3.8) is 0 Å². The van der Waals surface area contributed by atoms with Gasteiger partial charge in [0.2, 0.25) is 5.25 Å². The molecule has 0 heterocycles. The van der Waals surface area contributed by atoms with Crippen molar-refractivity contribution >= 4 is 17.1 Å². The Labute approximate surface area is 84.9 Å². The number of benzene rings is 1. The largest absolute Gasteiger partial charge is 0.611 e. The summed E-state index contributed by atoms with van der Waals surface area (Å²) in [4.78, 5) is 11.2. The van der Waals surface area contributed by atoms with E-state index in [0.29, 0.717) is 4.90 Å². The van der Waals surface area contributed by atoms with Crippen LogP contribution in [0.4, 0.5) is 0 Å². The van der Waals surface area contributed by atoms with Gasteiger partial charge >= 0.3 is 5.97 Å². The third-order valence-corrected chi connectivity index (χ3v) is 3.37. The van der Waals surface area contributed by atoms with Crippen LogP contribution in [0, 0.1) is 0 Å². The molecule has 0 bridgehead atoms. The lowest BCUT2D eigenvalue weighted by atomic mass is 10.4. The molecule has 4 nitrogen and oxygen atoms in total. The van der Waals surface area contributed by atoms with Crippen molar-refractivity contribution in [2.45, 2.75) is 10.1 Å². The molecule has 0 radical (unpaired) electrons. The van der Waals surface area contributed by atoms with Crippen LogP contribution in [0.5, 0.6) is 0 Å². The van der Waals surface area contributed by atoms with Crippen LogP contribution in [0.1, 0.15) is 0 Å². The fourth-order valence-corrected chi connectivity index (χ4v) is 2.11. The summed E-state index contributed by atoms with van der Waals surface area (Å²) < 4.78 is 11.7. The number of rotatable bonds is 4. The molecule has 1 aromatic rings. The van der Waals surface area contributed by atoms with Crippen LogP contribution in [-0.4, -0.2) is 27.4 Å². The Hall–Kier alpha value is -1.04. The van der Waals surface area contributed by atoms with E-state index in [1.807, 2.05) is 0 Å². The number of carbonyl (C=O) groups is 1. The highest BCUT2D eigenvalue weighted by molar-refractivity contribution is 7.92. The highest BCUT2D eigenvalue weighted by Crippen LogP contribution is 2.15. The van der Waals surface area contributed by atoms with E-state index in [-0.39, 0.29) is 6.54 Å². The van der Waals surface area contributed by atoms with Crippen LogP contribution in [0.3, 0.4) is 0 Å². The van der Waals surface area contributed by atoms with Gasteiger partial charge in [0.15, 0.2) is 4.90 Å². The minimum Gasteiger partial charge on any atom is -0.611 e. The van der Waals surface area contributed by atoms with E-state index >= 15 is 0 Å². The lowest BCUT2D eigenvalue weighted by molar-refractivity contribution is -0.136. The summed E-state index contributed by atoms with van der Waals surface area (Å²) in [5.74, 6) is -1.13. The zero-order chi connectivity index (χ0) is 10.6. The van der Waals surface area contributed by atoms with Crippen molar-refractivity contribution in [1.82, 2.24) is 0 Å². The number of hydrogen-bond acceptors (Lipinski definition) is 3. The van der Waals surface area contributed by atoms with Crippen LogP contribution in [0.2, 0.25) is 0 Å². The second kappa shape index (κ2) is 4.99. The van der Waals surface area contributed by atoms with Gasteiger partial charge in [-0.05, 0) is 12.1 Å². The van der Waals surface area contributed by atoms with Gasteiger partial charge in [-0.1, -0.05) is 18.2 Å². The Balaban J connectivity index is 2.83. The van der Waals surface area contributed by atoms with E-state index in [9.17, 15) is 9.35 Å². The Morgan fingerprint density at radius 2 is 2.07 bits per heavy atom. The van der Waals surface area contributed by atoms with E-state index in [1.165, 1.54) is 0 Å². The smallest absolute Gasteiger partial charge is 0.358 e. The summed E-state index contributed by atoms with van der Waals surface area (Å²) in [6.45, 7) is -0.128. The number of hydrogen-bond donors (Lipinski definition) is 2. The van der Waals surface area contributed by atoms with E-state index in [0.717, 1.165) is 0 Å². The predicted molar refractivity (Wildman–Crippen MR) is 53.3 cm³/mol. The molecule has 0 saturated heterocycles. The standard InChI is InChI=1S/C9H11NO3S/c10-6-8(9(11)12)14(13)7-4-2-1-3-5-7/h1-5,8H,6,10H2,(H,11,12). The first-order chi connectivity index (χ1) is 6.66. The van der Waals surface area contributed by atoms with Gasteiger partial charge in [-0.25, -0.2) is 4.79 Å². The van der Waals surface area contributed by atoms with Gasteiger partial charge in [0.05, 0.1) is 6.54 Å². The van der Waals surface area contributed by atoms with E-state index in [2.05, 4.69) is 0 Å². The van der Waals surface area contributed by atoms with Gasteiger partial charge in [-0.3, -0.25) is 0 Å². The molecule has 0 spiro atoms. The van der Waals surface area contributed by atoms with Gasteiger partial charge < -0.3 is 15.4 Å². The topological polar surface area (TPSA) is 86.4 Å². The lowest BCUT2D eigenvalue weighted by Gasteiger charge is -2.15. The number of carboxylic acids is 1. The van der Waals surface area contributed by atoms with Crippen molar-refractivity contribution < 1.29 is 14.5 Å². The second-order valence-electron chi connectivity index (χ2n) is 2.67. The molecule has 5 heteroatoms. The minimum absolute atomic E-state index is 0.128. The van der Waals surface area contributed by atoms with Crippen LogP contribution in [0.15, 0.2) is 35.2 Å². The van der Waals surface area contributed by atoms with Crippen LogP contribution in [-0.2, 0) is 16.0 Å². The normalized spacial score (nSPS) is 14.7. The molecule has 0 saturated carbocycles. The first-order valence-electron chi connectivity index (χ1n) is 4.05. The fourth-order valence-electron chi connectivity index (χ4n) is 0.999. The summed E-state index contributed by atoms with van der Waals surface area (Å²) in [5, 5.41) is 7.70. The molecule has 14 heavy (non-hydrogen) atoms. The zero-order valence-electron chi connectivity index (χ0n) is 7.42. The minimum atomic E-state index is -1.58. The summed E-state index contributed by atoms with van der Waals surface area (Å²) in [5.41, 5.74) is 5.24. The summed E-state index contributed by atoms with van der Waals surface area (Å²) in [6.07, 6.45) is 0. The van der Waals surface area contributed by atoms with Crippen molar-refractivity contribution in [2.75, 3.05) is 6.54 Å². The van der Waals surface area contributed by atoms with Crippen molar-refractivity contribution in [1.29, 1.82) is 0 Å². The predicted octanol–water partition coefficient (Wildman–Crippen LogP) is 0.206. The first-order valence-corrected chi connectivity index (χ1v) is 5.26. The van der Waals surface area contributed by atoms with E-state index in [4.69, 9.17) is 10.8 Å². The Bertz CT molecular complexity index is 304. The maximum absolute atomic E-state index is 11.7. The molecule has 0 aliphatic rings. The van der Waals surface area contributed by atoms with E-state index < -0.39 is 22.4 Å². The van der Waals surface area contributed by atoms with Gasteiger partial charge in [-0.2, -0.15) is 0 Å². The van der Waals surface area contributed by atoms with Gasteiger partial charge in [-0.15, -0.1) is 0 Å². The Morgan fingerprint density at radius 3 is 2.50 bits per heavy atom. The van der Waals surface area contributed by atoms with Gasteiger partial charge in [0.25, 0.3) is 0 Å². The highest BCUT2D eigenvalue weighted by Gasteiger charge is 2.30. The maximum atomic E-state index is 11.7. The zero-order valence-corrected chi connectivity index (χ0v) is 8.24. The molecule has 0 aliphatic heterocycles. The molecule has 0 aliphatic carbocycles. The molecule has 1 rings (SSSR count). The quantitative estimate of drug-likeness (QED) is 0.700. The molecule has 0 fully saturated rings. The summed E-state index contributed by atoms with van der Waals surface area (Å²) in [7, 11) is 0. The van der Waals surface area contributed by atoms with Crippen molar-refractivity contribution in [3.05, 3.63) is 30.3 Å². The highest BCUT2D eigenvalue weighted by atomic mass is 32.2. The molecule has 3 N–H and O–H groups in total. The first kappa shape index (κ1) is 11.0. The molecule has 76 valence electrons. The Morgan fingerprint density at radius 1 is 1.50 bits per heavy atom. The molecular formula is C9H11NO3S. The maximum Gasteiger partial charge on any atom is 0.358 e. The third-order valence-electron chi connectivity index (χ3n) is 1.72. The second-order valence-corrected chi connectivity index (χ2v) is 4.31. The molecule has 1 aromatic carbocycles. The Kier molecular flexibility index (Phi) is 3.94. The molecule has 2 atom stereocenters. The molecule has 2 unspecified atom stereocenters. The average molecular weight is 213 g/mol. The van der Waals surface area contributed by atoms with E-state index in [1.54, 1.807) is 30.3 Å². The number of nitrogens with two attached hydrogens (primary N) is 1. The lowest BCUT2D eigenvalue weighted by Crippen LogP contribution is -2.37. The molecule has 0 amide bonds. The average Bonchev–Trinajstić information content (AvgIpc) is 2.19. The number of aliphatic carboxylic acids is 1.